The highest BCUT2D eigenvalue weighted by atomic mass is 28.4. The Bertz CT molecular complexity index is 371. The predicted octanol–water partition coefficient (Wildman–Crippen LogP) is 3.07. The van der Waals surface area contributed by atoms with Gasteiger partial charge in [0.15, 0.2) is 0 Å². The number of hydrogen-bond donors (Lipinski definition) is 0. The van der Waals surface area contributed by atoms with E-state index in [9.17, 15) is 31.1 Å². The van der Waals surface area contributed by atoms with Crippen molar-refractivity contribution >= 4 is 14.8 Å². The zero-order valence-electron chi connectivity index (χ0n) is 12.9. The second-order valence-electron chi connectivity index (χ2n) is 4.57. The molecule has 0 amide bonds. The Morgan fingerprint density at radius 2 is 1.30 bits per heavy atom. The van der Waals surface area contributed by atoms with Gasteiger partial charge in [-0.15, -0.1) is 0 Å². The molecule has 0 spiro atoms. The molecule has 5 nitrogen and oxygen atoms in total. The first-order chi connectivity index (χ1) is 10.3. The molecule has 0 aliphatic carbocycles. The van der Waals surface area contributed by atoms with Gasteiger partial charge in [0, 0.05) is 40.7 Å². The fourth-order valence-corrected chi connectivity index (χ4v) is 3.69. The van der Waals surface area contributed by atoms with E-state index in [0.29, 0.717) is 6.92 Å². The monoisotopic (exact) mass is 372 g/mol. The lowest BCUT2D eigenvalue weighted by atomic mass is 9.96. The highest BCUT2D eigenvalue weighted by Crippen LogP contribution is 2.49. The van der Waals surface area contributed by atoms with Crippen LogP contribution >= 0.6 is 0 Å². The summed E-state index contributed by atoms with van der Waals surface area (Å²) in [6, 6.07) is -0.314. The highest BCUT2D eigenvalue weighted by Gasteiger charge is 2.73. The fourth-order valence-electron chi connectivity index (χ4n) is 1.97. The van der Waals surface area contributed by atoms with Gasteiger partial charge in [0.2, 0.25) is 0 Å². The van der Waals surface area contributed by atoms with E-state index in [1.165, 1.54) is 21.3 Å². The van der Waals surface area contributed by atoms with Gasteiger partial charge in [-0.1, -0.05) is 0 Å². The third-order valence-corrected chi connectivity index (χ3v) is 6.01. The molecule has 0 aliphatic rings. The molecule has 0 saturated carbocycles. The van der Waals surface area contributed by atoms with Gasteiger partial charge in [0.1, 0.15) is 0 Å². The quantitative estimate of drug-likeness (QED) is 0.372. The van der Waals surface area contributed by atoms with Crippen LogP contribution < -0.4 is 0 Å². The van der Waals surface area contributed by atoms with Crippen LogP contribution in [0.25, 0.3) is 0 Å². The molecule has 0 atom stereocenters. The van der Waals surface area contributed by atoms with Crippen LogP contribution in [0.1, 0.15) is 19.8 Å². The van der Waals surface area contributed by atoms with Gasteiger partial charge in [0.05, 0.1) is 0 Å². The first kappa shape index (κ1) is 22.1. The smallest absolute Gasteiger partial charge is 0.440 e. The highest BCUT2D eigenvalue weighted by molar-refractivity contribution is 6.60. The second kappa shape index (κ2) is 7.81. The predicted molar refractivity (Wildman–Crippen MR) is 67.4 cm³/mol. The van der Waals surface area contributed by atoms with Crippen LogP contribution in [0, 0.1) is 0 Å². The molecule has 0 heterocycles. The van der Waals surface area contributed by atoms with E-state index in [0.717, 1.165) is 0 Å². The summed E-state index contributed by atoms with van der Waals surface area (Å²) >= 11 is 0. The molecule has 0 rings (SSSR count). The van der Waals surface area contributed by atoms with E-state index in [4.69, 9.17) is 13.3 Å². The maximum Gasteiger partial charge on any atom is 0.500 e. The van der Waals surface area contributed by atoms with Crippen molar-refractivity contribution in [3.8, 4) is 0 Å². The van der Waals surface area contributed by atoms with Crippen LogP contribution in [0.5, 0.6) is 0 Å². The van der Waals surface area contributed by atoms with Gasteiger partial charge < -0.3 is 18.0 Å². The molecule has 138 valence electrons. The van der Waals surface area contributed by atoms with Gasteiger partial charge in [-0.3, -0.25) is 4.79 Å². The summed E-state index contributed by atoms with van der Waals surface area (Å²) in [7, 11) is 0.168. The van der Waals surface area contributed by atoms with E-state index in [1.807, 2.05) is 0 Å². The van der Waals surface area contributed by atoms with Crippen molar-refractivity contribution in [1.82, 2.24) is 0 Å². The normalized spacial score (nSPS) is 14.0. The molecule has 12 heteroatoms. The van der Waals surface area contributed by atoms with Crippen LogP contribution in [0.4, 0.5) is 26.3 Å². The molecule has 0 fully saturated rings. The van der Waals surface area contributed by atoms with Crippen molar-refractivity contribution in [1.29, 1.82) is 0 Å². The van der Waals surface area contributed by atoms with E-state index in [-0.39, 0.29) is 6.04 Å². The summed E-state index contributed by atoms with van der Waals surface area (Å²) in [4.78, 5) is 10.8. The van der Waals surface area contributed by atoms with Crippen LogP contribution in [-0.2, 0) is 22.8 Å². The Labute approximate surface area is 130 Å². The Hall–Kier alpha value is -0.853. The molecule has 0 N–H and O–H groups in total. The largest absolute Gasteiger partial charge is 0.500 e. The van der Waals surface area contributed by atoms with E-state index < -0.39 is 45.6 Å². The SMILES string of the molecule is CO[Si](CCCC(OC(C)=O)(C(F)(F)F)C(F)(F)F)(OC)OC. The molecule has 0 radical (unpaired) electrons. The summed E-state index contributed by atoms with van der Waals surface area (Å²) in [5.41, 5.74) is -4.58. The summed E-state index contributed by atoms with van der Waals surface area (Å²) in [6.45, 7) is 0.477. The van der Waals surface area contributed by atoms with Crippen molar-refractivity contribution in [3.63, 3.8) is 0 Å². The van der Waals surface area contributed by atoms with Crippen molar-refractivity contribution < 1.29 is 49.2 Å². The van der Waals surface area contributed by atoms with Crippen molar-refractivity contribution in [3.05, 3.63) is 0 Å². The average Bonchev–Trinajstić information content (AvgIpc) is 2.40. The van der Waals surface area contributed by atoms with Gasteiger partial charge in [-0.05, 0) is 6.42 Å². The number of hydrogen-bond acceptors (Lipinski definition) is 5. The van der Waals surface area contributed by atoms with E-state index in [1.54, 1.807) is 0 Å². The Balaban J connectivity index is 5.45. The van der Waals surface area contributed by atoms with Crippen molar-refractivity contribution in [2.45, 2.75) is 43.8 Å². The third kappa shape index (κ3) is 5.06. The minimum Gasteiger partial charge on any atom is -0.440 e. The van der Waals surface area contributed by atoms with Crippen LogP contribution in [0.2, 0.25) is 6.04 Å². The zero-order chi connectivity index (χ0) is 18.5. The summed E-state index contributed by atoms with van der Waals surface area (Å²) < 4.78 is 96.6. The fraction of sp³-hybridized carbons (Fsp3) is 0.909. The lowest BCUT2D eigenvalue weighted by Gasteiger charge is -2.36. The number of ether oxygens (including phenoxy) is 1. The maximum atomic E-state index is 13.0. The molecule has 0 aromatic rings. The van der Waals surface area contributed by atoms with Crippen LogP contribution in [0.15, 0.2) is 0 Å². The Kier molecular flexibility index (Phi) is 7.52. The van der Waals surface area contributed by atoms with E-state index >= 15 is 0 Å². The topological polar surface area (TPSA) is 54.0 Å². The Morgan fingerprint density at radius 1 is 0.913 bits per heavy atom. The van der Waals surface area contributed by atoms with Gasteiger partial charge in [-0.25, -0.2) is 0 Å². The molecular weight excluding hydrogens is 354 g/mol. The molecule has 0 aromatic heterocycles. The first-order valence-corrected chi connectivity index (χ1v) is 8.22. The number of carbonyl (C=O) groups is 1. The van der Waals surface area contributed by atoms with Gasteiger partial charge in [0.25, 0.3) is 0 Å². The first-order valence-electron chi connectivity index (χ1n) is 6.29. The molecule has 0 aromatic carbocycles. The molecular formula is C11H18F6O5Si. The zero-order valence-corrected chi connectivity index (χ0v) is 13.9. The van der Waals surface area contributed by atoms with Crippen LogP contribution in [-0.4, -0.2) is 54.1 Å². The number of alkyl halides is 6. The van der Waals surface area contributed by atoms with Crippen molar-refractivity contribution in [2.75, 3.05) is 21.3 Å². The lowest BCUT2D eigenvalue weighted by molar-refractivity contribution is -0.371. The number of rotatable bonds is 8. The van der Waals surface area contributed by atoms with Crippen molar-refractivity contribution in [2.24, 2.45) is 0 Å². The minimum atomic E-state index is -5.83. The molecule has 0 unspecified atom stereocenters. The molecule has 0 saturated heterocycles. The lowest BCUT2D eigenvalue weighted by Crippen LogP contribution is -2.59. The molecule has 23 heavy (non-hydrogen) atoms. The minimum absolute atomic E-state index is 0.314. The number of esters is 1. The number of halogens is 6. The van der Waals surface area contributed by atoms with Crippen LogP contribution in [0.3, 0.4) is 0 Å². The molecule has 0 aliphatic heterocycles. The van der Waals surface area contributed by atoms with E-state index in [2.05, 4.69) is 4.74 Å². The maximum absolute atomic E-state index is 13.0. The summed E-state index contributed by atoms with van der Waals surface area (Å²) in [5.74, 6) is -1.69. The molecule has 0 bridgehead atoms. The standard InChI is InChI=1S/C11H18F6O5Si/c1-8(18)22-9(10(12,13)14,11(15,16)17)6-5-7-23(19-2,20-3)21-4/h5-7H2,1-4H3. The summed E-state index contributed by atoms with van der Waals surface area (Å²) in [6.07, 6.45) is -13.8. The average molecular weight is 372 g/mol. The summed E-state index contributed by atoms with van der Waals surface area (Å²) in [5, 5.41) is 0. The van der Waals surface area contributed by atoms with Gasteiger partial charge in [-0.2, -0.15) is 26.3 Å². The van der Waals surface area contributed by atoms with Gasteiger partial charge >= 0.3 is 32.7 Å². The third-order valence-electron chi connectivity index (χ3n) is 3.18. The Morgan fingerprint density at radius 3 is 1.57 bits per heavy atom. The number of carbonyl (C=O) groups excluding carboxylic acids is 1. The second-order valence-corrected chi connectivity index (χ2v) is 7.66.